The lowest BCUT2D eigenvalue weighted by Gasteiger charge is -2.39. The lowest BCUT2D eigenvalue weighted by Crippen LogP contribution is -2.57. The van der Waals surface area contributed by atoms with Crippen LogP contribution < -0.4 is 5.32 Å². The van der Waals surface area contributed by atoms with Crippen LogP contribution in [0.4, 0.5) is 4.79 Å². The van der Waals surface area contributed by atoms with E-state index in [4.69, 9.17) is 4.74 Å². The van der Waals surface area contributed by atoms with Crippen LogP contribution in [0.5, 0.6) is 0 Å². The number of carbonyl (C=O) groups is 2. The molecule has 1 aliphatic carbocycles. The number of fused-ring (bicyclic) bond motifs is 2. The highest BCUT2D eigenvalue weighted by molar-refractivity contribution is 5.87. The molecule has 5 nitrogen and oxygen atoms in total. The number of benzene rings is 2. The average molecular weight is 559 g/mol. The summed E-state index contributed by atoms with van der Waals surface area (Å²) in [5.41, 5.74) is 5.81. The van der Waals surface area contributed by atoms with E-state index in [0.29, 0.717) is 18.9 Å². The van der Waals surface area contributed by atoms with Crippen molar-refractivity contribution in [3.63, 3.8) is 0 Å². The Morgan fingerprint density at radius 1 is 1.05 bits per heavy atom. The van der Waals surface area contributed by atoms with E-state index in [1.54, 1.807) is 0 Å². The summed E-state index contributed by atoms with van der Waals surface area (Å²) >= 11 is 0. The van der Waals surface area contributed by atoms with Gasteiger partial charge in [-0.15, -0.1) is 6.58 Å². The Kier molecular flexibility index (Phi) is 10.6. The minimum Gasteiger partial charge on any atom is -0.444 e. The van der Waals surface area contributed by atoms with Crippen molar-refractivity contribution in [3.8, 4) is 0 Å². The van der Waals surface area contributed by atoms with E-state index in [1.807, 2.05) is 40.7 Å². The number of carbonyl (C=O) groups excluding carboxylic acids is 2. The van der Waals surface area contributed by atoms with Gasteiger partial charge in [-0.3, -0.25) is 9.69 Å². The third-order valence-corrected chi connectivity index (χ3v) is 8.67. The van der Waals surface area contributed by atoms with Crippen LogP contribution in [-0.2, 0) is 22.4 Å². The molecule has 0 spiro atoms. The quantitative estimate of drug-likeness (QED) is 0.366. The summed E-state index contributed by atoms with van der Waals surface area (Å²) in [7, 11) is 0. The number of nitrogens with zero attached hydrogens (tertiary/aromatic N) is 1. The van der Waals surface area contributed by atoms with Gasteiger partial charge in [0.2, 0.25) is 5.91 Å². The molecule has 1 N–H and O–H groups in total. The van der Waals surface area contributed by atoms with Crippen molar-refractivity contribution in [1.29, 1.82) is 0 Å². The molecule has 3 atom stereocenters. The van der Waals surface area contributed by atoms with Crippen LogP contribution >= 0.6 is 0 Å². The Hall–Kier alpha value is -3.34. The van der Waals surface area contributed by atoms with E-state index < -0.39 is 23.3 Å². The molecule has 2 aromatic rings. The molecule has 0 saturated carbocycles. The number of amides is 2. The van der Waals surface area contributed by atoms with Crippen LogP contribution in [0.3, 0.4) is 0 Å². The van der Waals surface area contributed by atoms with Crippen LogP contribution in [0, 0.1) is 5.92 Å². The first-order chi connectivity index (χ1) is 19.3. The zero-order chi connectivity index (χ0) is 30.4. The molecular formula is C36H50N2O3. The fourth-order valence-electron chi connectivity index (χ4n) is 5.86. The van der Waals surface area contributed by atoms with Gasteiger partial charge in [0.15, 0.2) is 0 Å². The van der Waals surface area contributed by atoms with Gasteiger partial charge < -0.3 is 10.1 Å². The number of allylic oxidation sites excluding steroid dienone is 1. The Morgan fingerprint density at radius 2 is 1.59 bits per heavy atom. The monoisotopic (exact) mass is 558 g/mol. The summed E-state index contributed by atoms with van der Waals surface area (Å²) in [6.07, 6.45) is 5.98. The number of aryl methyl sites for hydroxylation is 2. The van der Waals surface area contributed by atoms with Crippen molar-refractivity contribution >= 4 is 12.0 Å². The average Bonchev–Trinajstić information content (AvgIpc) is 3.37. The summed E-state index contributed by atoms with van der Waals surface area (Å²) in [5, 5.41) is 3.13. The first-order valence-corrected chi connectivity index (χ1v) is 15.0. The number of nitrogens with one attached hydrogen (secondary N) is 1. The van der Waals surface area contributed by atoms with Crippen LogP contribution in [-0.4, -0.2) is 40.6 Å². The smallest absolute Gasteiger partial charge is 0.410 e. The molecule has 1 fully saturated rings. The van der Waals surface area contributed by atoms with E-state index in [2.05, 4.69) is 80.9 Å². The van der Waals surface area contributed by atoms with Gasteiger partial charge in [-0.05, 0) is 94.9 Å². The third-order valence-electron chi connectivity index (χ3n) is 8.67. The van der Waals surface area contributed by atoms with Crippen molar-refractivity contribution in [3.05, 3.63) is 95.6 Å². The molecule has 41 heavy (non-hydrogen) atoms. The van der Waals surface area contributed by atoms with Crippen LogP contribution in [0.25, 0.3) is 0 Å². The zero-order valence-corrected chi connectivity index (χ0v) is 26.3. The highest BCUT2D eigenvalue weighted by atomic mass is 16.6. The molecule has 1 aliphatic heterocycles. The maximum absolute atomic E-state index is 12.9. The molecule has 1 saturated heterocycles. The summed E-state index contributed by atoms with van der Waals surface area (Å²) in [5.74, 6) is 0.544. The van der Waals surface area contributed by atoms with Crippen LogP contribution in [0.15, 0.2) is 73.3 Å². The van der Waals surface area contributed by atoms with Gasteiger partial charge in [0, 0.05) is 12.5 Å². The molecule has 222 valence electrons. The molecule has 2 aromatic carbocycles. The molecule has 1 heterocycles. The fourth-order valence-corrected chi connectivity index (χ4v) is 5.86. The topological polar surface area (TPSA) is 58.6 Å². The number of hydrogen-bond acceptors (Lipinski definition) is 3. The predicted octanol–water partition coefficient (Wildman–Crippen LogP) is 7.99. The molecule has 0 bridgehead atoms. The summed E-state index contributed by atoms with van der Waals surface area (Å²) in [6, 6.07) is 17.2. The van der Waals surface area contributed by atoms with Gasteiger partial charge in [-0.25, -0.2) is 4.79 Å². The first kappa shape index (κ1) is 32.2. The van der Waals surface area contributed by atoms with Gasteiger partial charge in [-0.2, -0.15) is 0 Å². The van der Waals surface area contributed by atoms with E-state index in [0.717, 1.165) is 18.4 Å². The van der Waals surface area contributed by atoms with E-state index in [9.17, 15) is 9.59 Å². The Morgan fingerprint density at radius 3 is 2.07 bits per heavy atom. The van der Waals surface area contributed by atoms with Gasteiger partial charge in [-0.1, -0.05) is 80.6 Å². The summed E-state index contributed by atoms with van der Waals surface area (Å²) < 4.78 is 5.44. The van der Waals surface area contributed by atoms with Gasteiger partial charge in [0.05, 0.1) is 5.54 Å². The second kappa shape index (κ2) is 13.5. The second-order valence-corrected chi connectivity index (χ2v) is 12.8. The second-order valence-electron chi connectivity index (χ2n) is 12.8. The Labute approximate surface area is 248 Å². The van der Waals surface area contributed by atoms with Gasteiger partial charge >= 0.3 is 6.09 Å². The summed E-state index contributed by atoms with van der Waals surface area (Å²) in [6.45, 7) is 22.1. The van der Waals surface area contributed by atoms with Crippen LogP contribution in [0.1, 0.15) is 95.9 Å². The van der Waals surface area contributed by atoms with E-state index in [1.165, 1.54) is 40.0 Å². The SMILES string of the molecule is C=CC[C@H](C)C(C)(NC(=O)[C@@H]1CCCN1C(=O)OC(C)(C)C)C(=C)C.CC1c2ccccc2CCc2ccccc21. The van der Waals surface area contributed by atoms with Gasteiger partial charge in [0.1, 0.15) is 11.6 Å². The predicted molar refractivity (Wildman–Crippen MR) is 169 cm³/mol. The molecule has 5 heteroatoms. The molecular weight excluding hydrogens is 508 g/mol. The van der Waals surface area contributed by atoms with Crippen molar-refractivity contribution in [2.75, 3.05) is 6.54 Å². The maximum Gasteiger partial charge on any atom is 0.410 e. The van der Waals surface area contributed by atoms with Gasteiger partial charge in [0.25, 0.3) is 0 Å². The minimum atomic E-state index is -0.578. The number of rotatable bonds is 6. The largest absolute Gasteiger partial charge is 0.444 e. The fraction of sp³-hybridized carbons (Fsp3) is 0.500. The molecule has 0 aromatic heterocycles. The van der Waals surface area contributed by atoms with E-state index in [-0.39, 0.29) is 11.8 Å². The maximum atomic E-state index is 12.9. The number of ether oxygens (including phenoxy) is 1. The lowest BCUT2D eigenvalue weighted by atomic mass is 9.79. The Balaban J connectivity index is 0.000000245. The van der Waals surface area contributed by atoms with Crippen molar-refractivity contribution in [2.24, 2.45) is 5.92 Å². The normalized spacial score (nSPS) is 18.8. The molecule has 4 rings (SSSR count). The van der Waals surface area contributed by atoms with E-state index >= 15 is 0 Å². The van der Waals surface area contributed by atoms with Crippen molar-refractivity contribution < 1.29 is 14.3 Å². The molecule has 0 radical (unpaired) electrons. The van der Waals surface area contributed by atoms with Crippen molar-refractivity contribution in [2.45, 2.75) is 104 Å². The lowest BCUT2D eigenvalue weighted by molar-refractivity contribution is -0.127. The van der Waals surface area contributed by atoms with Crippen molar-refractivity contribution in [1.82, 2.24) is 10.2 Å². The Bertz CT molecular complexity index is 1200. The zero-order valence-electron chi connectivity index (χ0n) is 26.3. The minimum absolute atomic E-state index is 0.148. The molecule has 1 unspecified atom stereocenters. The first-order valence-electron chi connectivity index (χ1n) is 15.0. The summed E-state index contributed by atoms with van der Waals surface area (Å²) in [4.78, 5) is 26.9. The standard InChI is InChI=1S/C20H34N2O3.C16H16/c1-9-11-15(4)20(8,14(2)3)21-17(23)16-12-10-13-22(16)18(24)25-19(5,6)7;1-12-15-8-4-2-6-13(15)10-11-14-7-3-5-9-16(12)14/h9,15-16H,1-2,10-13H2,3-8H3,(H,21,23);2-9,12H,10-11H2,1H3/t15-,16-,20?;/m0./s1. The highest BCUT2D eigenvalue weighted by Gasteiger charge is 2.40. The third kappa shape index (κ3) is 7.90. The number of hydrogen-bond donors (Lipinski definition) is 1. The molecule has 2 amide bonds. The van der Waals surface area contributed by atoms with Crippen LogP contribution in [0.2, 0.25) is 0 Å². The highest BCUT2D eigenvalue weighted by Crippen LogP contribution is 2.33. The molecule has 2 aliphatic rings. The number of likely N-dealkylation sites (tertiary alicyclic amines) is 1.